The average Bonchev–Trinajstić information content (AvgIpc) is 3.69. The van der Waals surface area contributed by atoms with Crippen LogP contribution in [0.4, 0.5) is 17.3 Å². The van der Waals surface area contributed by atoms with Gasteiger partial charge < -0.3 is 20.1 Å². The largest absolute Gasteiger partial charge is 0.493 e. The van der Waals surface area contributed by atoms with Crippen molar-refractivity contribution >= 4 is 33.6 Å². The summed E-state index contributed by atoms with van der Waals surface area (Å²) >= 11 is 1.60. The molecule has 9 nitrogen and oxygen atoms in total. The summed E-state index contributed by atoms with van der Waals surface area (Å²) in [6.07, 6.45) is 4.79. The number of aromatic nitrogens is 4. The minimum Gasteiger partial charge on any atom is -0.493 e. The summed E-state index contributed by atoms with van der Waals surface area (Å²) in [6.45, 7) is 6.05. The van der Waals surface area contributed by atoms with Gasteiger partial charge in [0.25, 0.3) is 0 Å². The van der Waals surface area contributed by atoms with Crippen LogP contribution in [-0.2, 0) is 11.3 Å². The lowest BCUT2D eigenvalue weighted by Gasteiger charge is -2.26. The Morgan fingerprint density at radius 3 is 2.67 bits per heavy atom. The minimum atomic E-state index is 0.506. The number of nitrogens with one attached hydrogen (secondary N) is 2. The van der Waals surface area contributed by atoms with Gasteiger partial charge in [-0.25, -0.2) is 15.0 Å². The second-order valence-corrected chi connectivity index (χ2v) is 11.7. The lowest BCUT2D eigenvalue weighted by molar-refractivity contribution is 0.0358. The Hall–Kier alpha value is -4.77. The molecule has 0 saturated carbocycles. The number of rotatable bonds is 12. The Morgan fingerprint density at radius 2 is 1.76 bits per heavy atom. The van der Waals surface area contributed by atoms with E-state index < -0.39 is 0 Å². The Balaban J connectivity index is 1.07. The van der Waals surface area contributed by atoms with E-state index in [1.807, 2.05) is 48.0 Å². The first-order chi connectivity index (χ1) is 22.3. The Kier molecular flexibility index (Phi) is 8.95. The zero-order valence-electron chi connectivity index (χ0n) is 24.9. The van der Waals surface area contributed by atoms with Crippen molar-refractivity contribution in [1.29, 1.82) is 0 Å². The highest BCUT2D eigenvalue weighted by Gasteiger charge is 2.19. The van der Waals surface area contributed by atoms with Crippen LogP contribution in [0.2, 0.25) is 0 Å². The Morgan fingerprint density at radius 1 is 0.889 bits per heavy atom. The number of thiazole rings is 1. The predicted molar refractivity (Wildman–Crippen MR) is 180 cm³/mol. The number of hydrogen-bond acceptors (Lipinski definition) is 9. The molecule has 0 radical (unpaired) electrons. The summed E-state index contributed by atoms with van der Waals surface area (Å²) in [5.74, 6) is 1.32. The van der Waals surface area contributed by atoms with Crippen molar-refractivity contribution in [2.45, 2.75) is 13.0 Å². The minimum absolute atomic E-state index is 0.506. The summed E-state index contributed by atoms with van der Waals surface area (Å²) in [6, 6.07) is 28.6. The molecule has 45 heavy (non-hydrogen) atoms. The maximum atomic E-state index is 6.06. The molecular formula is C35H35N7O2S. The third kappa shape index (κ3) is 7.15. The van der Waals surface area contributed by atoms with E-state index in [0.717, 1.165) is 90.5 Å². The first kappa shape index (κ1) is 29.0. The van der Waals surface area contributed by atoms with Crippen LogP contribution >= 0.6 is 11.3 Å². The number of imidazole rings is 1. The molecule has 2 N–H and O–H groups in total. The van der Waals surface area contributed by atoms with E-state index in [0.29, 0.717) is 12.6 Å². The fourth-order valence-electron chi connectivity index (χ4n) is 5.45. The number of anilines is 3. The summed E-state index contributed by atoms with van der Waals surface area (Å²) < 4.78 is 13.6. The van der Waals surface area contributed by atoms with Crippen molar-refractivity contribution in [3.05, 3.63) is 108 Å². The van der Waals surface area contributed by atoms with E-state index in [4.69, 9.17) is 19.4 Å². The lowest BCUT2D eigenvalue weighted by Crippen LogP contribution is -2.37. The number of ether oxygens (including phenoxy) is 2. The fourth-order valence-corrected chi connectivity index (χ4v) is 6.17. The van der Waals surface area contributed by atoms with E-state index in [-0.39, 0.29) is 0 Å². The monoisotopic (exact) mass is 617 g/mol. The van der Waals surface area contributed by atoms with Crippen LogP contribution in [0.3, 0.4) is 0 Å². The topological polar surface area (TPSA) is 88.8 Å². The zero-order valence-corrected chi connectivity index (χ0v) is 25.7. The number of hydrogen-bond donors (Lipinski definition) is 2. The van der Waals surface area contributed by atoms with Crippen LogP contribution in [0.15, 0.2) is 103 Å². The van der Waals surface area contributed by atoms with Crippen LogP contribution < -0.4 is 15.4 Å². The third-order valence-corrected chi connectivity index (χ3v) is 8.47. The van der Waals surface area contributed by atoms with Crippen molar-refractivity contribution < 1.29 is 9.47 Å². The van der Waals surface area contributed by atoms with Crippen molar-refractivity contribution in [2.75, 3.05) is 50.1 Å². The predicted octanol–water partition coefficient (Wildman–Crippen LogP) is 6.98. The molecule has 1 aliphatic rings. The smallest absolute Gasteiger partial charge is 0.227 e. The second kappa shape index (κ2) is 13.9. The van der Waals surface area contributed by atoms with Gasteiger partial charge >= 0.3 is 0 Å². The Bertz CT molecular complexity index is 1850. The lowest BCUT2D eigenvalue weighted by atomic mass is 10.1. The third-order valence-electron chi connectivity index (χ3n) is 7.72. The van der Waals surface area contributed by atoms with Crippen LogP contribution in [-0.4, -0.2) is 63.7 Å². The summed E-state index contributed by atoms with van der Waals surface area (Å²) in [5.41, 5.74) is 6.73. The maximum absolute atomic E-state index is 6.06. The van der Waals surface area contributed by atoms with Crippen LogP contribution in [0.25, 0.3) is 27.6 Å². The van der Waals surface area contributed by atoms with Gasteiger partial charge in [0.1, 0.15) is 11.4 Å². The molecule has 10 heteroatoms. The summed E-state index contributed by atoms with van der Waals surface area (Å²) in [5, 5.41) is 8.96. The van der Waals surface area contributed by atoms with Crippen molar-refractivity contribution in [2.24, 2.45) is 0 Å². The van der Waals surface area contributed by atoms with Gasteiger partial charge in [0.05, 0.1) is 31.2 Å². The van der Waals surface area contributed by atoms with E-state index >= 15 is 0 Å². The zero-order chi connectivity index (χ0) is 30.3. The van der Waals surface area contributed by atoms with E-state index in [1.165, 1.54) is 5.56 Å². The van der Waals surface area contributed by atoms with Gasteiger partial charge in [0, 0.05) is 67.0 Å². The Labute approximate surface area is 266 Å². The van der Waals surface area contributed by atoms with E-state index in [9.17, 15) is 0 Å². The molecule has 6 aromatic rings. The normalized spacial score (nSPS) is 13.6. The highest BCUT2D eigenvalue weighted by Crippen LogP contribution is 2.35. The van der Waals surface area contributed by atoms with Crippen LogP contribution in [0.1, 0.15) is 12.0 Å². The summed E-state index contributed by atoms with van der Waals surface area (Å²) in [4.78, 5) is 17.8. The number of fused-ring (bicyclic) bond motifs is 1. The molecule has 0 atom stereocenters. The van der Waals surface area contributed by atoms with Crippen molar-refractivity contribution in [1.82, 2.24) is 24.3 Å². The summed E-state index contributed by atoms with van der Waals surface area (Å²) in [7, 11) is 0. The number of nitrogens with zero attached hydrogens (tertiary/aromatic N) is 5. The molecule has 228 valence electrons. The molecule has 0 amide bonds. The number of benzene rings is 3. The van der Waals surface area contributed by atoms with Crippen molar-refractivity contribution in [3.63, 3.8) is 0 Å². The molecule has 3 aromatic heterocycles. The molecule has 3 aromatic carbocycles. The first-order valence-electron chi connectivity index (χ1n) is 15.3. The van der Waals surface area contributed by atoms with Gasteiger partial charge in [0.2, 0.25) is 5.95 Å². The first-order valence-corrected chi connectivity index (χ1v) is 16.1. The van der Waals surface area contributed by atoms with Gasteiger partial charge in [-0.2, -0.15) is 0 Å². The molecule has 0 aliphatic carbocycles. The van der Waals surface area contributed by atoms with Crippen LogP contribution in [0, 0.1) is 0 Å². The highest BCUT2D eigenvalue weighted by atomic mass is 32.1. The van der Waals surface area contributed by atoms with E-state index in [2.05, 4.69) is 73.4 Å². The highest BCUT2D eigenvalue weighted by molar-refractivity contribution is 7.15. The van der Waals surface area contributed by atoms with Crippen LogP contribution in [0.5, 0.6) is 5.75 Å². The molecule has 1 fully saturated rings. The van der Waals surface area contributed by atoms with Gasteiger partial charge in [-0.1, -0.05) is 48.5 Å². The van der Waals surface area contributed by atoms with Gasteiger partial charge in [-0.05, 0) is 42.3 Å². The molecule has 0 spiro atoms. The molecule has 0 bridgehead atoms. The van der Waals surface area contributed by atoms with Gasteiger partial charge in [-0.15, -0.1) is 11.3 Å². The van der Waals surface area contributed by atoms with Crippen molar-refractivity contribution in [3.8, 4) is 28.4 Å². The average molecular weight is 618 g/mol. The molecule has 7 rings (SSSR count). The van der Waals surface area contributed by atoms with Gasteiger partial charge in [0.15, 0.2) is 4.96 Å². The van der Waals surface area contributed by atoms with E-state index in [1.54, 1.807) is 17.5 Å². The quantitative estimate of drug-likeness (QED) is 0.142. The molecule has 1 saturated heterocycles. The molecule has 1 aliphatic heterocycles. The fraction of sp³-hybridized carbons (Fsp3) is 0.229. The maximum Gasteiger partial charge on any atom is 0.227 e. The molecule has 0 unspecified atom stereocenters. The van der Waals surface area contributed by atoms with Gasteiger partial charge in [-0.3, -0.25) is 9.30 Å². The molecule has 4 heterocycles. The standard InChI is InChI=1S/C35H35N7O2S/c1-2-7-26(8-3-1)25-37-28-10-4-9-27(23-28)32-33(42-18-22-45-35(42)40-32)31-13-14-36-34(39-31)38-29-11-5-12-30(24-29)44-19-6-15-41-16-20-43-21-17-41/h1-5,7-14,18,22-24,37H,6,15-17,19-21,25H2,(H,36,38,39). The SMILES string of the molecule is c1ccc(CNc2cccc(-c3nc4sccn4c3-c3ccnc(Nc4cccc(OCCCN5CCOCC5)c4)n3)c2)cc1. The molecular weight excluding hydrogens is 582 g/mol. The second-order valence-electron chi connectivity index (χ2n) is 10.9. The number of morpholine rings is 1.